The Kier molecular flexibility index (Phi) is 14.9. The van der Waals surface area contributed by atoms with Gasteiger partial charge in [-0.25, -0.2) is 0 Å². The first-order valence-electron chi connectivity index (χ1n) is 13.8. The molecule has 1 aliphatic rings. The van der Waals surface area contributed by atoms with Crippen LogP contribution in [0.4, 0.5) is 0 Å². The van der Waals surface area contributed by atoms with Crippen molar-refractivity contribution in [2.45, 2.75) is 129 Å². The topological polar surface area (TPSA) is 20.3 Å². The molecule has 0 aliphatic carbocycles. The molecule has 1 aliphatic heterocycles. The van der Waals surface area contributed by atoms with Gasteiger partial charge in [0.15, 0.2) is 0 Å². The summed E-state index contributed by atoms with van der Waals surface area (Å²) in [5.74, 6) is 0.392. The van der Waals surface area contributed by atoms with Crippen molar-refractivity contribution in [3.8, 4) is 0 Å². The Hall–Kier alpha value is -1.57. The van der Waals surface area contributed by atoms with Gasteiger partial charge in [0.1, 0.15) is 0 Å². The molecule has 1 saturated heterocycles. The molecule has 180 valence electrons. The van der Waals surface area contributed by atoms with E-state index in [-0.39, 0.29) is 0 Å². The van der Waals surface area contributed by atoms with Crippen LogP contribution in [0.2, 0.25) is 0 Å². The van der Waals surface area contributed by atoms with Crippen LogP contribution in [0.25, 0.3) is 0 Å². The van der Waals surface area contributed by atoms with E-state index in [1.165, 1.54) is 95.5 Å². The molecular weight excluding hydrogens is 390 g/mol. The molecule has 1 heterocycles. The van der Waals surface area contributed by atoms with Crippen molar-refractivity contribution in [1.82, 2.24) is 4.90 Å². The van der Waals surface area contributed by atoms with Gasteiger partial charge in [-0.1, -0.05) is 101 Å². The summed E-state index contributed by atoms with van der Waals surface area (Å²) < 4.78 is 0. The van der Waals surface area contributed by atoms with Crippen molar-refractivity contribution < 1.29 is 4.79 Å². The summed E-state index contributed by atoms with van der Waals surface area (Å²) in [6, 6.07) is 11.1. The van der Waals surface area contributed by atoms with Crippen molar-refractivity contribution in [1.29, 1.82) is 0 Å². The van der Waals surface area contributed by atoms with Crippen LogP contribution in [0.5, 0.6) is 0 Å². The van der Waals surface area contributed by atoms with Crippen LogP contribution in [0, 0.1) is 0 Å². The van der Waals surface area contributed by atoms with Crippen LogP contribution < -0.4 is 0 Å². The number of piperidine rings is 1. The highest BCUT2D eigenvalue weighted by Crippen LogP contribution is 2.22. The highest BCUT2D eigenvalue weighted by atomic mass is 16.2. The van der Waals surface area contributed by atoms with E-state index in [0.29, 0.717) is 11.9 Å². The Balaban J connectivity index is 1.47. The fourth-order valence-electron chi connectivity index (χ4n) is 4.92. The number of hydrogen-bond acceptors (Lipinski definition) is 1. The largest absolute Gasteiger partial charge is 0.339 e. The van der Waals surface area contributed by atoms with Gasteiger partial charge in [0.2, 0.25) is 5.91 Å². The monoisotopic (exact) mass is 439 g/mol. The van der Waals surface area contributed by atoms with Gasteiger partial charge < -0.3 is 4.90 Å². The molecule has 1 aromatic carbocycles. The van der Waals surface area contributed by atoms with E-state index in [9.17, 15) is 4.79 Å². The highest BCUT2D eigenvalue weighted by molar-refractivity contribution is 5.76. The van der Waals surface area contributed by atoms with E-state index in [0.717, 1.165) is 32.2 Å². The lowest BCUT2D eigenvalue weighted by Gasteiger charge is -2.36. The lowest BCUT2D eigenvalue weighted by Crippen LogP contribution is -2.44. The van der Waals surface area contributed by atoms with E-state index in [4.69, 9.17) is 0 Å². The summed E-state index contributed by atoms with van der Waals surface area (Å²) >= 11 is 0. The standard InChI is InChI=1S/C30H49NO/c1-2-3-4-5-6-7-8-9-10-11-12-13-14-15-19-25-30(32)31-26-21-20-24-29(31)27-28-22-17-16-18-23-28/h9-10,16-18,22-23,29H,2-8,11-15,19-21,24-27H2,1H3/b10-9-. The lowest BCUT2D eigenvalue weighted by atomic mass is 9.95. The van der Waals surface area contributed by atoms with E-state index in [1.807, 2.05) is 0 Å². The van der Waals surface area contributed by atoms with Gasteiger partial charge in [0.05, 0.1) is 0 Å². The van der Waals surface area contributed by atoms with E-state index in [1.54, 1.807) is 0 Å². The molecule has 2 nitrogen and oxygen atoms in total. The number of rotatable bonds is 17. The quantitative estimate of drug-likeness (QED) is 0.176. The molecule has 1 atom stereocenters. The van der Waals surface area contributed by atoms with Crippen molar-refractivity contribution >= 4 is 5.91 Å². The Morgan fingerprint density at radius 3 is 2.16 bits per heavy atom. The molecule has 0 bridgehead atoms. The van der Waals surface area contributed by atoms with Crippen LogP contribution in [0.3, 0.4) is 0 Å². The van der Waals surface area contributed by atoms with E-state index in [2.05, 4.69) is 54.3 Å². The van der Waals surface area contributed by atoms with Crippen LogP contribution in [0.1, 0.15) is 122 Å². The van der Waals surface area contributed by atoms with Crippen LogP contribution in [-0.4, -0.2) is 23.4 Å². The van der Waals surface area contributed by atoms with Crippen molar-refractivity contribution in [3.05, 3.63) is 48.0 Å². The Labute approximate surface area is 198 Å². The van der Waals surface area contributed by atoms with Crippen LogP contribution in [-0.2, 0) is 11.2 Å². The molecule has 0 radical (unpaired) electrons. The first kappa shape index (κ1) is 26.7. The molecule has 1 fully saturated rings. The van der Waals surface area contributed by atoms with Crippen molar-refractivity contribution in [2.24, 2.45) is 0 Å². The van der Waals surface area contributed by atoms with Crippen molar-refractivity contribution in [3.63, 3.8) is 0 Å². The number of unbranched alkanes of at least 4 members (excludes halogenated alkanes) is 11. The minimum atomic E-state index is 0.392. The fraction of sp³-hybridized carbons (Fsp3) is 0.700. The fourth-order valence-corrected chi connectivity index (χ4v) is 4.92. The number of hydrogen-bond donors (Lipinski definition) is 0. The molecule has 0 aromatic heterocycles. The maximum atomic E-state index is 12.8. The van der Waals surface area contributed by atoms with Gasteiger partial charge in [-0.2, -0.15) is 0 Å². The minimum Gasteiger partial charge on any atom is -0.339 e. The zero-order chi connectivity index (χ0) is 22.7. The molecule has 1 amide bonds. The number of amides is 1. The Morgan fingerprint density at radius 2 is 1.47 bits per heavy atom. The summed E-state index contributed by atoms with van der Waals surface area (Å²) in [6.07, 6.45) is 27.0. The third-order valence-corrected chi connectivity index (χ3v) is 6.91. The third-order valence-electron chi connectivity index (χ3n) is 6.91. The van der Waals surface area contributed by atoms with Crippen molar-refractivity contribution in [2.75, 3.05) is 6.54 Å². The van der Waals surface area contributed by atoms with Gasteiger partial charge in [0.25, 0.3) is 0 Å². The molecule has 2 heteroatoms. The van der Waals surface area contributed by atoms with Gasteiger partial charge >= 0.3 is 0 Å². The predicted octanol–water partition coefficient (Wildman–Crippen LogP) is 8.65. The van der Waals surface area contributed by atoms with Gasteiger partial charge in [-0.15, -0.1) is 0 Å². The number of nitrogens with zero attached hydrogens (tertiary/aromatic N) is 1. The van der Waals surface area contributed by atoms with E-state index < -0.39 is 0 Å². The number of likely N-dealkylation sites (tertiary alicyclic amines) is 1. The lowest BCUT2D eigenvalue weighted by molar-refractivity contribution is -0.135. The second-order valence-electron chi connectivity index (χ2n) is 9.76. The number of allylic oxidation sites excluding steroid dienone is 2. The average molecular weight is 440 g/mol. The summed E-state index contributed by atoms with van der Waals surface area (Å²) in [7, 11) is 0. The van der Waals surface area contributed by atoms with Gasteiger partial charge in [-0.05, 0) is 63.4 Å². The molecule has 0 spiro atoms. The van der Waals surface area contributed by atoms with Gasteiger partial charge in [-0.3, -0.25) is 4.79 Å². The maximum absolute atomic E-state index is 12.8. The molecule has 2 rings (SSSR count). The van der Waals surface area contributed by atoms with Crippen LogP contribution >= 0.6 is 0 Å². The van der Waals surface area contributed by atoms with E-state index >= 15 is 0 Å². The zero-order valence-corrected chi connectivity index (χ0v) is 20.9. The van der Waals surface area contributed by atoms with Gasteiger partial charge in [0, 0.05) is 19.0 Å². The maximum Gasteiger partial charge on any atom is 0.222 e. The van der Waals surface area contributed by atoms with Crippen LogP contribution in [0.15, 0.2) is 42.5 Å². The summed E-state index contributed by atoms with van der Waals surface area (Å²) in [5.41, 5.74) is 1.36. The first-order chi connectivity index (χ1) is 15.8. The molecule has 0 saturated carbocycles. The summed E-state index contributed by atoms with van der Waals surface area (Å²) in [4.78, 5) is 15.0. The second kappa shape index (κ2) is 17.9. The normalized spacial score (nSPS) is 16.7. The smallest absolute Gasteiger partial charge is 0.222 e. The SMILES string of the molecule is CCCCCCCC/C=C\CCCCCCCC(=O)N1CCCCC1Cc1ccccc1. The Bertz CT molecular complexity index is 609. The number of carbonyl (C=O) groups is 1. The summed E-state index contributed by atoms with van der Waals surface area (Å²) in [6.45, 7) is 3.24. The molecular formula is C30H49NO. The Morgan fingerprint density at radius 1 is 0.844 bits per heavy atom. The third kappa shape index (κ3) is 11.9. The molecule has 1 unspecified atom stereocenters. The zero-order valence-electron chi connectivity index (χ0n) is 20.9. The average Bonchev–Trinajstić information content (AvgIpc) is 2.82. The predicted molar refractivity (Wildman–Crippen MR) is 139 cm³/mol. The second-order valence-corrected chi connectivity index (χ2v) is 9.76. The summed E-state index contributed by atoms with van der Waals surface area (Å²) in [5, 5.41) is 0. The molecule has 0 N–H and O–H groups in total. The molecule has 1 aromatic rings. The first-order valence-corrected chi connectivity index (χ1v) is 13.8. The number of benzene rings is 1. The highest BCUT2D eigenvalue weighted by Gasteiger charge is 2.26. The number of carbonyl (C=O) groups excluding carboxylic acids is 1. The minimum absolute atomic E-state index is 0.392. The molecule has 32 heavy (non-hydrogen) atoms.